The Morgan fingerprint density at radius 2 is 1.79 bits per heavy atom. The monoisotopic (exact) mass is 278 g/mol. The van der Waals surface area contributed by atoms with Crippen LogP contribution in [-0.4, -0.2) is 21.2 Å². The summed E-state index contributed by atoms with van der Waals surface area (Å²) in [5, 5.41) is 0.188. The minimum absolute atomic E-state index is 0.0449. The molecule has 0 aliphatic rings. The van der Waals surface area contributed by atoms with Crippen molar-refractivity contribution < 1.29 is 9.22 Å². The standard InChI is InChI=1S/C16H26O2Si/c1-16(2,3)19(4,5)18-13-15(12-17)11-14-9-7-6-8-10-14/h6-10,12,15H,11,13H2,1-5H3. The van der Waals surface area contributed by atoms with Crippen LogP contribution in [0.5, 0.6) is 0 Å². The van der Waals surface area contributed by atoms with Crippen molar-refractivity contribution in [3.63, 3.8) is 0 Å². The van der Waals surface area contributed by atoms with Gasteiger partial charge in [-0.25, -0.2) is 0 Å². The summed E-state index contributed by atoms with van der Waals surface area (Å²) >= 11 is 0. The molecule has 1 unspecified atom stereocenters. The van der Waals surface area contributed by atoms with Crippen molar-refractivity contribution in [3.05, 3.63) is 35.9 Å². The predicted molar refractivity (Wildman–Crippen MR) is 82.8 cm³/mol. The van der Waals surface area contributed by atoms with Crippen LogP contribution in [0.4, 0.5) is 0 Å². The van der Waals surface area contributed by atoms with Crippen LogP contribution in [0.15, 0.2) is 30.3 Å². The van der Waals surface area contributed by atoms with E-state index in [4.69, 9.17) is 4.43 Å². The van der Waals surface area contributed by atoms with Crippen molar-refractivity contribution in [1.82, 2.24) is 0 Å². The van der Waals surface area contributed by atoms with Crippen molar-refractivity contribution in [2.75, 3.05) is 6.61 Å². The van der Waals surface area contributed by atoms with Crippen LogP contribution in [0.3, 0.4) is 0 Å². The molecule has 0 bridgehead atoms. The van der Waals surface area contributed by atoms with Gasteiger partial charge in [-0.2, -0.15) is 0 Å². The van der Waals surface area contributed by atoms with Gasteiger partial charge < -0.3 is 9.22 Å². The summed E-state index contributed by atoms with van der Waals surface area (Å²) in [6, 6.07) is 10.1. The Morgan fingerprint density at radius 1 is 1.21 bits per heavy atom. The van der Waals surface area contributed by atoms with E-state index in [0.717, 1.165) is 12.7 Å². The number of carbonyl (C=O) groups excluding carboxylic acids is 1. The van der Waals surface area contributed by atoms with Gasteiger partial charge in [0, 0.05) is 12.5 Å². The molecule has 0 saturated carbocycles. The largest absolute Gasteiger partial charge is 0.416 e. The first kappa shape index (κ1) is 16.1. The minimum atomic E-state index is -1.76. The topological polar surface area (TPSA) is 26.3 Å². The van der Waals surface area contributed by atoms with E-state index in [-0.39, 0.29) is 11.0 Å². The number of aldehydes is 1. The first-order valence-corrected chi connectivity index (χ1v) is 9.80. The van der Waals surface area contributed by atoms with Crippen LogP contribution in [0.1, 0.15) is 26.3 Å². The SMILES string of the molecule is CC(C)(C)[Si](C)(C)OCC(C=O)Cc1ccccc1. The Bertz CT molecular complexity index is 393. The molecule has 1 aromatic carbocycles. The summed E-state index contributed by atoms with van der Waals surface area (Å²) < 4.78 is 6.13. The fourth-order valence-corrected chi connectivity index (χ4v) is 2.66. The molecule has 0 radical (unpaired) electrons. The van der Waals surface area contributed by atoms with Gasteiger partial charge in [0.15, 0.2) is 8.32 Å². The highest BCUT2D eigenvalue weighted by Crippen LogP contribution is 2.36. The molecule has 0 heterocycles. The molecule has 0 fully saturated rings. The molecular formula is C16H26O2Si. The van der Waals surface area contributed by atoms with Crippen LogP contribution < -0.4 is 0 Å². The van der Waals surface area contributed by atoms with Crippen LogP contribution in [0.2, 0.25) is 18.1 Å². The van der Waals surface area contributed by atoms with Gasteiger partial charge in [0.1, 0.15) is 6.29 Å². The lowest BCUT2D eigenvalue weighted by Gasteiger charge is -2.36. The van der Waals surface area contributed by atoms with Gasteiger partial charge in [0.25, 0.3) is 0 Å². The van der Waals surface area contributed by atoms with E-state index in [9.17, 15) is 4.79 Å². The van der Waals surface area contributed by atoms with Crippen molar-refractivity contribution in [3.8, 4) is 0 Å². The molecule has 19 heavy (non-hydrogen) atoms. The molecule has 0 aromatic heterocycles. The van der Waals surface area contributed by atoms with E-state index in [1.807, 2.05) is 18.2 Å². The molecule has 3 heteroatoms. The van der Waals surface area contributed by atoms with E-state index < -0.39 is 8.32 Å². The van der Waals surface area contributed by atoms with E-state index in [1.54, 1.807) is 0 Å². The molecule has 0 N–H and O–H groups in total. The summed E-state index contributed by atoms with van der Waals surface area (Å²) in [5.74, 6) is -0.0449. The van der Waals surface area contributed by atoms with E-state index >= 15 is 0 Å². The molecule has 0 amide bonds. The summed E-state index contributed by atoms with van der Waals surface area (Å²) in [6.07, 6.45) is 1.79. The average Bonchev–Trinajstić information content (AvgIpc) is 2.34. The third kappa shape index (κ3) is 4.92. The molecule has 1 rings (SSSR count). The van der Waals surface area contributed by atoms with Crippen molar-refractivity contribution in [2.24, 2.45) is 5.92 Å². The zero-order chi connectivity index (χ0) is 14.5. The van der Waals surface area contributed by atoms with Crippen molar-refractivity contribution in [1.29, 1.82) is 0 Å². The van der Waals surface area contributed by atoms with Gasteiger partial charge in [0.05, 0.1) is 0 Å². The Balaban J connectivity index is 2.57. The number of hydrogen-bond donors (Lipinski definition) is 0. The Labute approximate surface area is 118 Å². The van der Waals surface area contributed by atoms with Crippen LogP contribution in [0.25, 0.3) is 0 Å². The minimum Gasteiger partial charge on any atom is -0.416 e. The lowest BCUT2D eigenvalue weighted by molar-refractivity contribution is -0.111. The first-order valence-electron chi connectivity index (χ1n) is 6.89. The molecule has 0 spiro atoms. The summed E-state index contributed by atoms with van der Waals surface area (Å²) in [6.45, 7) is 11.6. The van der Waals surface area contributed by atoms with E-state index in [1.165, 1.54) is 5.56 Å². The van der Waals surface area contributed by atoms with Gasteiger partial charge >= 0.3 is 0 Å². The number of hydrogen-bond acceptors (Lipinski definition) is 2. The predicted octanol–water partition coefficient (Wildman–Crippen LogP) is 4.07. The fourth-order valence-electron chi connectivity index (χ4n) is 1.60. The summed E-state index contributed by atoms with van der Waals surface area (Å²) in [7, 11) is -1.76. The highest BCUT2D eigenvalue weighted by atomic mass is 28.4. The summed E-state index contributed by atoms with van der Waals surface area (Å²) in [4.78, 5) is 11.2. The Morgan fingerprint density at radius 3 is 2.26 bits per heavy atom. The molecule has 0 aliphatic heterocycles. The number of benzene rings is 1. The molecule has 2 nitrogen and oxygen atoms in total. The Hall–Kier alpha value is -0.933. The van der Waals surface area contributed by atoms with Crippen LogP contribution in [0, 0.1) is 5.92 Å². The zero-order valence-electron chi connectivity index (χ0n) is 12.8. The van der Waals surface area contributed by atoms with Crippen molar-refractivity contribution >= 4 is 14.6 Å². The molecule has 106 valence electrons. The molecule has 0 saturated heterocycles. The second-order valence-electron chi connectivity index (χ2n) is 6.66. The fraction of sp³-hybridized carbons (Fsp3) is 0.562. The van der Waals surface area contributed by atoms with Gasteiger partial charge in [-0.1, -0.05) is 51.1 Å². The number of carbonyl (C=O) groups is 1. The van der Waals surface area contributed by atoms with Gasteiger partial charge in [-0.3, -0.25) is 0 Å². The maximum atomic E-state index is 11.2. The molecule has 1 atom stereocenters. The maximum absolute atomic E-state index is 11.2. The van der Waals surface area contributed by atoms with E-state index in [0.29, 0.717) is 6.61 Å². The lowest BCUT2D eigenvalue weighted by Crippen LogP contribution is -2.42. The second-order valence-corrected chi connectivity index (χ2v) is 11.5. The molecule has 0 aliphatic carbocycles. The van der Waals surface area contributed by atoms with Gasteiger partial charge in [0.2, 0.25) is 0 Å². The third-order valence-corrected chi connectivity index (χ3v) is 8.50. The van der Waals surface area contributed by atoms with E-state index in [2.05, 4.69) is 46.0 Å². The quantitative estimate of drug-likeness (QED) is 0.579. The normalized spacial score (nSPS) is 14.2. The van der Waals surface area contributed by atoms with Crippen LogP contribution in [-0.2, 0) is 15.6 Å². The highest BCUT2D eigenvalue weighted by molar-refractivity contribution is 6.74. The zero-order valence-corrected chi connectivity index (χ0v) is 13.8. The second kappa shape index (κ2) is 6.48. The maximum Gasteiger partial charge on any atom is 0.192 e. The molecular weight excluding hydrogens is 252 g/mol. The summed E-state index contributed by atoms with van der Waals surface area (Å²) in [5.41, 5.74) is 1.19. The Kier molecular flexibility index (Phi) is 5.50. The van der Waals surface area contributed by atoms with Crippen LogP contribution >= 0.6 is 0 Å². The first-order chi connectivity index (χ1) is 8.76. The smallest absolute Gasteiger partial charge is 0.192 e. The molecule has 1 aromatic rings. The highest BCUT2D eigenvalue weighted by Gasteiger charge is 2.37. The van der Waals surface area contributed by atoms with Gasteiger partial charge in [-0.15, -0.1) is 0 Å². The lowest BCUT2D eigenvalue weighted by atomic mass is 10.0. The number of rotatable bonds is 6. The third-order valence-electron chi connectivity index (χ3n) is 4.00. The average molecular weight is 278 g/mol. The van der Waals surface area contributed by atoms with Gasteiger partial charge in [-0.05, 0) is 30.1 Å². The van der Waals surface area contributed by atoms with Crippen molar-refractivity contribution in [2.45, 2.75) is 45.3 Å².